The minimum atomic E-state index is -0.716. The Morgan fingerprint density at radius 1 is 1.26 bits per heavy atom. The normalized spacial score (nSPS) is 11.1. The molecule has 0 radical (unpaired) electrons. The van der Waals surface area contributed by atoms with Gasteiger partial charge >= 0.3 is 5.97 Å². The summed E-state index contributed by atoms with van der Waals surface area (Å²) in [7, 11) is 0. The Hall–Kier alpha value is -3.40. The molecule has 0 saturated carbocycles. The fourth-order valence-electron chi connectivity index (χ4n) is 2.24. The number of nitrogens with zero attached hydrogens (tertiary/aromatic N) is 3. The molecule has 0 spiro atoms. The van der Waals surface area contributed by atoms with Crippen LogP contribution in [0.5, 0.6) is 11.6 Å². The van der Waals surface area contributed by atoms with Gasteiger partial charge in [-0.15, -0.1) is 0 Å². The van der Waals surface area contributed by atoms with E-state index in [1.54, 1.807) is 27.7 Å². The van der Waals surface area contributed by atoms with Crippen LogP contribution in [0.15, 0.2) is 30.6 Å². The van der Waals surface area contributed by atoms with Crippen molar-refractivity contribution in [3.8, 4) is 35.0 Å². The Balaban J connectivity index is 2.04. The standard InChI is InChI=1S/C20H18FN3O3/c1-12-16(27-19(26)20(2,3)4)15-17(23-12)22-11-24(18(15)25)10-9-13-5-7-14(21)8-6-13/h5-8,11,25H,1-4H3. The summed E-state index contributed by atoms with van der Waals surface area (Å²) < 4.78 is 19.6. The average molecular weight is 367 g/mol. The highest BCUT2D eigenvalue weighted by Gasteiger charge is 2.30. The molecule has 138 valence electrons. The lowest BCUT2D eigenvalue weighted by atomic mass is 9.97. The number of benzene rings is 1. The third-order valence-corrected chi connectivity index (χ3v) is 3.77. The van der Waals surface area contributed by atoms with E-state index in [0.717, 1.165) is 0 Å². The highest BCUT2D eigenvalue weighted by Crippen LogP contribution is 2.40. The Morgan fingerprint density at radius 2 is 1.93 bits per heavy atom. The summed E-state index contributed by atoms with van der Waals surface area (Å²) in [6, 6.07) is 8.37. The number of halogens is 1. The van der Waals surface area contributed by atoms with Gasteiger partial charge in [-0.05, 0) is 57.9 Å². The van der Waals surface area contributed by atoms with Gasteiger partial charge in [0.05, 0.1) is 11.1 Å². The minimum Gasteiger partial charge on any atom is -0.493 e. The Labute approximate surface area is 156 Å². The summed E-state index contributed by atoms with van der Waals surface area (Å²) in [5.41, 5.74) is 0.502. The SMILES string of the molecule is Cc1nc2ncn(C#Cc3ccc(F)cc3)c(O)c-2c1OC(=O)C(C)(C)C. The Kier molecular flexibility index (Phi) is 4.58. The molecule has 0 amide bonds. The zero-order chi connectivity index (χ0) is 19.8. The van der Waals surface area contributed by atoms with Gasteiger partial charge in [-0.1, -0.05) is 0 Å². The van der Waals surface area contributed by atoms with E-state index in [1.165, 1.54) is 35.2 Å². The van der Waals surface area contributed by atoms with Crippen LogP contribution in [0.3, 0.4) is 0 Å². The molecule has 0 fully saturated rings. The number of aryl methyl sites for hydroxylation is 1. The van der Waals surface area contributed by atoms with Crippen molar-refractivity contribution in [2.45, 2.75) is 27.7 Å². The summed E-state index contributed by atoms with van der Waals surface area (Å²) in [5.74, 6) is 2.16. The van der Waals surface area contributed by atoms with Crippen LogP contribution in [0.1, 0.15) is 32.0 Å². The zero-order valence-corrected chi connectivity index (χ0v) is 15.4. The zero-order valence-electron chi connectivity index (χ0n) is 15.4. The van der Waals surface area contributed by atoms with Crippen molar-refractivity contribution in [1.29, 1.82) is 0 Å². The molecule has 1 aromatic carbocycles. The maximum absolute atomic E-state index is 13.0. The number of ether oxygens (including phenoxy) is 1. The Bertz CT molecular complexity index is 1040. The molecule has 0 bridgehead atoms. The van der Waals surface area contributed by atoms with Crippen molar-refractivity contribution in [2.24, 2.45) is 5.41 Å². The van der Waals surface area contributed by atoms with Crippen LogP contribution in [0.2, 0.25) is 0 Å². The largest absolute Gasteiger partial charge is 0.493 e. The maximum atomic E-state index is 13.0. The Morgan fingerprint density at radius 3 is 2.56 bits per heavy atom. The first-order valence-corrected chi connectivity index (χ1v) is 8.23. The second-order valence-corrected chi connectivity index (χ2v) is 7.05. The van der Waals surface area contributed by atoms with Crippen molar-refractivity contribution >= 4 is 5.97 Å². The first-order valence-electron chi connectivity index (χ1n) is 8.23. The fraction of sp³-hybridized carbons (Fsp3) is 0.250. The smallest absolute Gasteiger partial charge is 0.316 e. The van der Waals surface area contributed by atoms with Crippen LogP contribution in [-0.4, -0.2) is 25.6 Å². The third-order valence-electron chi connectivity index (χ3n) is 3.77. The topological polar surface area (TPSA) is 77.2 Å². The van der Waals surface area contributed by atoms with E-state index in [4.69, 9.17) is 4.74 Å². The van der Waals surface area contributed by atoms with Gasteiger partial charge in [0.2, 0.25) is 5.88 Å². The molecule has 2 aliphatic heterocycles. The van der Waals surface area contributed by atoms with Crippen LogP contribution in [-0.2, 0) is 4.79 Å². The number of carbonyl (C=O) groups excluding carboxylic acids is 1. The van der Waals surface area contributed by atoms with Gasteiger partial charge in [0, 0.05) is 11.6 Å². The number of fused-ring (bicyclic) bond motifs is 1. The van der Waals surface area contributed by atoms with E-state index in [0.29, 0.717) is 11.3 Å². The lowest BCUT2D eigenvalue weighted by Gasteiger charge is -2.17. The van der Waals surface area contributed by atoms with E-state index in [2.05, 4.69) is 21.9 Å². The van der Waals surface area contributed by atoms with Crippen molar-refractivity contribution in [3.05, 3.63) is 47.7 Å². The predicted octanol–water partition coefficient (Wildman–Crippen LogP) is 3.34. The molecule has 1 aromatic rings. The van der Waals surface area contributed by atoms with Gasteiger partial charge in [0.1, 0.15) is 17.7 Å². The van der Waals surface area contributed by atoms with Gasteiger partial charge in [-0.25, -0.2) is 18.9 Å². The fourth-order valence-corrected chi connectivity index (χ4v) is 2.24. The minimum absolute atomic E-state index is 0.160. The molecule has 0 aromatic heterocycles. The van der Waals surface area contributed by atoms with E-state index >= 15 is 0 Å². The predicted molar refractivity (Wildman–Crippen MR) is 96.8 cm³/mol. The third kappa shape index (κ3) is 3.75. The first-order chi connectivity index (χ1) is 12.7. The van der Waals surface area contributed by atoms with Crippen molar-refractivity contribution in [1.82, 2.24) is 14.5 Å². The summed E-state index contributed by atoms with van der Waals surface area (Å²) in [6.07, 6.45) is 1.32. The van der Waals surface area contributed by atoms with Gasteiger partial charge in [-0.3, -0.25) is 4.79 Å². The highest BCUT2D eigenvalue weighted by atomic mass is 19.1. The molecule has 6 nitrogen and oxygen atoms in total. The molecule has 2 aliphatic rings. The molecule has 1 N–H and O–H groups in total. The van der Waals surface area contributed by atoms with Crippen LogP contribution in [0.4, 0.5) is 4.39 Å². The molecule has 0 atom stereocenters. The second kappa shape index (κ2) is 6.72. The molecule has 2 heterocycles. The molecular weight excluding hydrogens is 349 g/mol. The molecule has 0 aliphatic carbocycles. The van der Waals surface area contributed by atoms with E-state index in [9.17, 15) is 14.3 Å². The summed E-state index contributed by atoms with van der Waals surface area (Å²) in [4.78, 5) is 20.6. The molecule has 7 heteroatoms. The van der Waals surface area contributed by atoms with E-state index < -0.39 is 11.4 Å². The second-order valence-electron chi connectivity index (χ2n) is 7.05. The maximum Gasteiger partial charge on any atom is 0.316 e. The van der Waals surface area contributed by atoms with E-state index in [1.807, 2.05) is 0 Å². The number of hydrogen-bond donors (Lipinski definition) is 1. The molecule has 0 saturated heterocycles. The molecular formula is C20H18FN3O3. The van der Waals surface area contributed by atoms with Crippen molar-refractivity contribution in [3.63, 3.8) is 0 Å². The number of aromatic nitrogens is 3. The molecule has 3 rings (SSSR count). The quantitative estimate of drug-likeness (QED) is 0.527. The van der Waals surface area contributed by atoms with Crippen LogP contribution in [0, 0.1) is 30.1 Å². The van der Waals surface area contributed by atoms with Crippen molar-refractivity contribution in [2.75, 3.05) is 0 Å². The lowest BCUT2D eigenvalue weighted by Crippen LogP contribution is -2.25. The summed E-state index contributed by atoms with van der Waals surface area (Å²) in [6.45, 7) is 6.86. The molecule has 0 unspecified atom stereocenters. The van der Waals surface area contributed by atoms with Gasteiger partial charge < -0.3 is 9.84 Å². The van der Waals surface area contributed by atoms with E-state index in [-0.39, 0.29) is 28.8 Å². The lowest BCUT2D eigenvalue weighted by molar-refractivity contribution is -0.143. The van der Waals surface area contributed by atoms with Gasteiger partial charge in [0.25, 0.3) is 0 Å². The number of aromatic hydroxyl groups is 1. The highest BCUT2D eigenvalue weighted by molar-refractivity contribution is 5.83. The van der Waals surface area contributed by atoms with Crippen molar-refractivity contribution < 1.29 is 19.0 Å². The average Bonchev–Trinajstić information content (AvgIpc) is 2.91. The van der Waals surface area contributed by atoms with Crippen LogP contribution < -0.4 is 4.74 Å². The van der Waals surface area contributed by atoms with Crippen LogP contribution >= 0.6 is 0 Å². The molecule has 27 heavy (non-hydrogen) atoms. The van der Waals surface area contributed by atoms with Gasteiger partial charge in [-0.2, -0.15) is 0 Å². The first kappa shape index (κ1) is 18.4. The summed E-state index contributed by atoms with van der Waals surface area (Å²) in [5, 5.41) is 10.6. The van der Waals surface area contributed by atoms with Crippen LogP contribution in [0.25, 0.3) is 11.4 Å². The number of rotatable bonds is 1. The number of hydrogen-bond acceptors (Lipinski definition) is 5. The monoisotopic (exact) mass is 367 g/mol. The van der Waals surface area contributed by atoms with Gasteiger partial charge in [0.15, 0.2) is 11.6 Å². The number of esters is 1. The number of carbonyl (C=O) groups is 1. The summed E-state index contributed by atoms with van der Waals surface area (Å²) >= 11 is 0.